The average molecular weight is 232 g/mol. The number of likely N-dealkylation sites (N-methyl/N-ethyl adjacent to an activating group) is 2. The minimum atomic E-state index is 0.551. The molecular weight excluding hydrogens is 208 g/mol. The average Bonchev–Trinajstić information content (AvgIpc) is 2.32. The van der Waals surface area contributed by atoms with Gasteiger partial charge in [0.15, 0.2) is 0 Å². The molecule has 0 N–H and O–H groups in total. The van der Waals surface area contributed by atoms with Crippen LogP contribution in [-0.2, 0) is 0 Å². The van der Waals surface area contributed by atoms with Crippen LogP contribution in [0.5, 0.6) is 0 Å². The monoisotopic (exact) mass is 232 g/mol. The van der Waals surface area contributed by atoms with E-state index < -0.39 is 0 Å². The summed E-state index contributed by atoms with van der Waals surface area (Å²) in [5.74, 6) is 0.621. The van der Waals surface area contributed by atoms with Gasteiger partial charge in [0.05, 0.1) is 0 Å². The molecular formula is C15H24N2. The molecule has 1 unspecified atom stereocenters. The maximum atomic E-state index is 2.46. The summed E-state index contributed by atoms with van der Waals surface area (Å²) in [6.07, 6.45) is 0. The second-order valence-electron chi connectivity index (χ2n) is 5.58. The normalized spacial score (nSPS) is 23.2. The van der Waals surface area contributed by atoms with E-state index in [0.717, 1.165) is 13.1 Å². The fourth-order valence-corrected chi connectivity index (χ4v) is 2.47. The first-order valence-corrected chi connectivity index (χ1v) is 6.56. The molecule has 2 nitrogen and oxygen atoms in total. The van der Waals surface area contributed by atoms with Crippen LogP contribution in [0.2, 0.25) is 0 Å². The first kappa shape index (κ1) is 12.6. The first-order valence-electron chi connectivity index (χ1n) is 6.56. The second-order valence-corrected chi connectivity index (χ2v) is 5.58. The van der Waals surface area contributed by atoms with Crippen LogP contribution in [0.4, 0.5) is 0 Å². The zero-order valence-corrected chi connectivity index (χ0v) is 11.5. The Morgan fingerprint density at radius 3 is 2.29 bits per heavy atom. The Hall–Kier alpha value is -0.860. The summed E-state index contributed by atoms with van der Waals surface area (Å²) < 4.78 is 0. The highest BCUT2D eigenvalue weighted by Crippen LogP contribution is 2.25. The zero-order valence-electron chi connectivity index (χ0n) is 11.5. The van der Waals surface area contributed by atoms with Crippen molar-refractivity contribution in [3.63, 3.8) is 0 Å². The Bertz CT molecular complexity index is 356. The smallest absolute Gasteiger partial charge is 0.0472 e. The summed E-state index contributed by atoms with van der Waals surface area (Å²) >= 11 is 0. The molecule has 0 saturated carbocycles. The number of piperazine rings is 1. The number of rotatable bonds is 2. The van der Waals surface area contributed by atoms with Crippen LogP contribution < -0.4 is 0 Å². The summed E-state index contributed by atoms with van der Waals surface area (Å²) in [7, 11) is 4.44. The fraction of sp³-hybridized carbons (Fsp3) is 0.600. The van der Waals surface area contributed by atoms with E-state index in [9.17, 15) is 0 Å². The molecule has 2 heteroatoms. The van der Waals surface area contributed by atoms with Crippen LogP contribution in [0.1, 0.15) is 36.9 Å². The zero-order chi connectivity index (χ0) is 12.4. The molecule has 0 amide bonds. The highest BCUT2D eigenvalue weighted by molar-refractivity contribution is 5.27. The molecule has 0 bridgehead atoms. The molecule has 1 aromatic carbocycles. The Morgan fingerprint density at radius 1 is 1.06 bits per heavy atom. The summed E-state index contributed by atoms with van der Waals surface area (Å²) in [5, 5.41) is 0. The van der Waals surface area contributed by atoms with Crippen molar-refractivity contribution in [1.29, 1.82) is 0 Å². The highest BCUT2D eigenvalue weighted by Gasteiger charge is 2.23. The van der Waals surface area contributed by atoms with E-state index in [1.54, 1.807) is 0 Å². The molecule has 0 radical (unpaired) electrons. The molecule has 0 aromatic heterocycles. The number of nitrogens with zero attached hydrogens (tertiary/aromatic N) is 2. The fourth-order valence-electron chi connectivity index (χ4n) is 2.47. The molecule has 17 heavy (non-hydrogen) atoms. The van der Waals surface area contributed by atoms with E-state index in [0.29, 0.717) is 12.0 Å². The predicted molar refractivity (Wildman–Crippen MR) is 73.4 cm³/mol. The van der Waals surface area contributed by atoms with Crippen molar-refractivity contribution < 1.29 is 0 Å². The lowest BCUT2D eigenvalue weighted by atomic mass is 9.97. The van der Waals surface area contributed by atoms with Crippen LogP contribution in [0.15, 0.2) is 24.3 Å². The molecule has 94 valence electrons. The molecule has 1 fully saturated rings. The van der Waals surface area contributed by atoms with Gasteiger partial charge < -0.3 is 4.90 Å². The van der Waals surface area contributed by atoms with Crippen molar-refractivity contribution in [2.75, 3.05) is 33.7 Å². The minimum Gasteiger partial charge on any atom is -0.303 e. The van der Waals surface area contributed by atoms with Gasteiger partial charge in [-0.15, -0.1) is 0 Å². The van der Waals surface area contributed by atoms with Gasteiger partial charge in [-0.1, -0.05) is 38.1 Å². The quantitative estimate of drug-likeness (QED) is 0.773. The number of hydrogen-bond donors (Lipinski definition) is 0. The van der Waals surface area contributed by atoms with E-state index >= 15 is 0 Å². The van der Waals surface area contributed by atoms with E-state index in [4.69, 9.17) is 0 Å². The summed E-state index contributed by atoms with van der Waals surface area (Å²) in [6.45, 7) is 7.97. The lowest BCUT2D eigenvalue weighted by molar-refractivity contribution is 0.115. The Kier molecular flexibility index (Phi) is 3.85. The first-order chi connectivity index (χ1) is 8.08. The van der Waals surface area contributed by atoms with Crippen molar-refractivity contribution in [2.45, 2.75) is 25.8 Å². The summed E-state index contributed by atoms with van der Waals surface area (Å²) in [5.41, 5.74) is 2.88. The molecule has 1 aliphatic heterocycles. The van der Waals surface area contributed by atoms with Gasteiger partial charge in [-0.2, -0.15) is 0 Å². The topological polar surface area (TPSA) is 6.48 Å². The molecule has 1 atom stereocenters. The largest absolute Gasteiger partial charge is 0.303 e. The van der Waals surface area contributed by atoms with Crippen molar-refractivity contribution in [3.05, 3.63) is 35.4 Å². The number of benzene rings is 1. The van der Waals surface area contributed by atoms with Crippen LogP contribution in [-0.4, -0.2) is 43.5 Å². The number of hydrogen-bond acceptors (Lipinski definition) is 2. The third-order valence-electron chi connectivity index (χ3n) is 3.84. The molecule has 0 aliphatic carbocycles. The van der Waals surface area contributed by atoms with Crippen molar-refractivity contribution >= 4 is 0 Å². The van der Waals surface area contributed by atoms with Gasteiger partial charge in [0, 0.05) is 25.7 Å². The van der Waals surface area contributed by atoms with Gasteiger partial charge in [-0.3, -0.25) is 4.90 Å². The van der Waals surface area contributed by atoms with Gasteiger partial charge in [-0.25, -0.2) is 0 Å². The van der Waals surface area contributed by atoms with E-state index in [1.807, 2.05) is 0 Å². The highest BCUT2D eigenvalue weighted by atomic mass is 15.3. The standard InChI is InChI=1S/C15H24N2/c1-12(2)13-5-7-14(8-6-13)15-11-16(3)9-10-17(15)4/h5-8,12,15H,9-11H2,1-4H3. The molecule has 1 saturated heterocycles. The molecule has 1 aliphatic rings. The van der Waals surface area contributed by atoms with Crippen molar-refractivity contribution in [3.8, 4) is 0 Å². The summed E-state index contributed by atoms with van der Waals surface area (Å²) in [6, 6.07) is 9.71. The Labute approximate surface area is 105 Å². The third-order valence-corrected chi connectivity index (χ3v) is 3.84. The maximum absolute atomic E-state index is 2.46. The van der Waals surface area contributed by atoms with Crippen molar-refractivity contribution in [1.82, 2.24) is 9.80 Å². The molecule has 1 heterocycles. The van der Waals surface area contributed by atoms with Crippen molar-refractivity contribution in [2.24, 2.45) is 0 Å². The van der Waals surface area contributed by atoms with E-state index in [-0.39, 0.29) is 0 Å². The van der Waals surface area contributed by atoms with Crippen LogP contribution in [0.3, 0.4) is 0 Å². The van der Waals surface area contributed by atoms with Crippen LogP contribution in [0, 0.1) is 0 Å². The SMILES string of the molecule is CC(C)c1ccc(C2CN(C)CCN2C)cc1. The lowest BCUT2D eigenvalue weighted by Crippen LogP contribution is -2.44. The molecule has 1 aromatic rings. The van der Waals surface area contributed by atoms with Gasteiger partial charge in [0.2, 0.25) is 0 Å². The maximum Gasteiger partial charge on any atom is 0.0472 e. The van der Waals surface area contributed by atoms with Gasteiger partial charge in [0.1, 0.15) is 0 Å². The van der Waals surface area contributed by atoms with Gasteiger partial charge in [-0.05, 0) is 31.1 Å². The minimum absolute atomic E-state index is 0.551. The second kappa shape index (κ2) is 5.19. The van der Waals surface area contributed by atoms with Crippen LogP contribution >= 0.6 is 0 Å². The predicted octanol–water partition coefficient (Wildman–Crippen LogP) is 2.73. The molecule has 2 rings (SSSR count). The molecule has 0 spiro atoms. The van der Waals surface area contributed by atoms with E-state index in [1.165, 1.54) is 17.7 Å². The van der Waals surface area contributed by atoms with Gasteiger partial charge in [0.25, 0.3) is 0 Å². The third kappa shape index (κ3) is 2.88. The van der Waals surface area contributed by atoms with Crippen LogP contribution in [0.25, 0.3) is 0 Å². The Balaban J connectivity index is 2.15. The van der Waals surface area contributed by atoms with Gasteiger partial charge >= 0.3 is 0 Å². The summed E-state index contributed by atoms with van der Waals surface area (Å²) in [4.78, 5) is 4.88. The Morgan fingerprint density at radius 2 is 1.71 bits per heavy atom. The van der Waals surface area contributed by atoms with E-state index in [2.05, 4.69) is 62.0 Å². The lowest BCUT2D eigenvalue weighted by Gasteiger charge is -2.38.